The molecule has 1 aromatic carbocycles. The molecule has 6 heteroatoms. The SMILES string of the molecule is Cc1cccc(Nc2cnnc(N3CCN(C)CC3)n2)c1C. The molecule has 2 aromatic rings. The zero-order chi connectivity index (χ0) is 15.5. The normalized spacial score (nSPS) is 15.9. The first kappa shape index (κ1) is 14.7. The van der Waals surface area contributed by atoms with Crippen LogP contribution in [0.2, 0.25) is 0 Å². The number of anilines is 3. The lowest BCUT2D eigenvalue weighted by atomic mass is 10.1. The fourth-order valence-corrected chi connectivity index (χ4v) is 2.52. The maximum atomic E-state index is 4.61. The number of aryl methyl sites for hydroxylation is 1. The van der Waals surface area contributed by atoms with Crippen LogP contribution in [0.3, 0.4) is 0 Å². The van der Waals surface area contributed by atoms with Crippen molar-refractivity contribution in [2.24, 2.45) is 0 Å². The van der Waals surface area contributed by atoms with Crippen molar-refractivity contribution in [2.45, 2.75) is 13.8 Å². The molecule has 0 amide bonds. The largest absolute Gasteiger partial charge is 0.339 e. The molecule has 6 nitrogen and oxygen atoms in total. The van der Waals surface area contributed by atoms with Gasteiger partial charge in [0.15, 0.2) is 5.82 Å². The number of benzene rings is 1. The second kappa shape index (κ2) is 6.27. The van der Waals surface area contributed by atoms with E-state index in [0.29, 0.717) is 5.95 Å². The van der Waals surface area contributed by atoms with Crippen molar-refractivity contribution in [3.63, 3.8) is 0 Å². The van der Waals surface area contributed by atoms with Crippen LogP contribution in [-0.4, -0.2) is 53.3 Å². The highest BCUT2D eigenvalue weighted by molar-refractivity contribution is 5.62. The zero-order valence-corrected chi connectivity index (χ0v) is 13.4. The van der Waals surface area contributed by atoms with Gasteiger partial charge in [0.25, 0.3) is 0 Å². The summed E-state index contributed by atoms with van der Waals surface area (Å²) >= 11 is 0. The molecule has 1 aliphatic rings. The number of piperazine rings is 1. The highest BCUT2D eigenvalue weighted by Crippen LogP contribution is 2.22. The molecule has 1 saturated heterocycles. The average Bonchev–Trinajstić information content (AvgIpc) is 2.53. The Hall–Kier alpha value is -2.21. The zero-order valence-electron chi connectivity index (χ0n) is 13.4. The molecule has 1 aromatic heterocycles. The predicted octanol–water partition coefficient (Wildman–Crippen LogP) is 1.98. The summed E-state index contributed by atoms with van der Waals surface area (Å²) in [7, 11) is 2.13. The number of nitrogens with one attached hydrogen (secondary N) is 1. The van der Waals surface area contributed by atoms with E-state index in [4.69, 9.17) is 0 Å². The summed E-state index contributed by atoms with van der Waals surface area (Å²) in [6.45, 7) is 8.13. The standard InChI is InChI=1S/C16H22N6/c1-12-5-4-6-14(13(12)2)18-15-11-17-20-16(19-15)22-9-7-21(3)8-10-22/h4-6,11H,7-10H2,1-3H3,(H,18,19,20). The summed E-state index contributed by atoms with van der Waals surface area (Å²) < 4.78 is 0. The Morgan fingerprint density at radius 3 is 2.64 bits per heavy atom. The van der Waals surface area contributed by atoms with Gasteiger partial charge in [0.05, 0.1) is 6.20 Å². The molecule has 1 fully saturated rings. The second-order valence-corrected chi connectivity index (χ2v) is 5.80. The predicted molar refractivity (Wildman–Crippen MR) is 88.7 cm³/mol. The molecule has 0 spiro atoms. The van der Waals surface area contributed by atoms with Gasteiger partial charge in [0.2, 0.25) is 5.95 Å². The molecule has 0 aliphatic carbocycles. The Kier molecular flexibility index (Phi) is 4.20. The summed E-state index contributed by atoms with van der Waals surface area (Å²) in [6, 6.07) is 6.20. The van der Waals surface area contributed by atoms with Gasteiger partial charge in [-0.15, -0.1) is 5.10 Å². The van der Waals surface area contributed by atoms with Crippen LogP contribution in [0.15, 0.2) is 24.4 Å². The summed E-state index contributed by atoms with van der Waals surface area (Å²) in [4.78, 5) is 9.10. The van der Waals surface area contributed by atoms with E-state index in [2.05, 4.69) is 63.3 Å². The van der Waals surface area contributed by atoms with Crippen molar-refractivity contribution >= 4 is 17.5 Å². The van der Waals surface area contributed by atoms with Crippen LogP contribution in [0.4, 0.5) is 17.5 Å². The Balaban J connectivity index is 1.78. The third kappa shape index (κ3) is 3.17. The van der Waals surface area contributed by atoms with E-state index in [1.165, 1.54) is 11.1 Å². The lowest BCUT2D eigenvalue weighted by Crippen LogP contribution is -2.45. The lowest BCUT2D eigenvalue weighted by molar-refractivity contribution is 0.311. The van der Waals surface area contributed by atoms with Gasteiger partial charge in [-0.1, -0.05) is 12.1 Å². The van der Waals surface area contributed by atoms with Crippen molar-refractivity contribution in [1.82, 2.24) is 20.1 Å². The molecule has 2 heterocycles. The molecule has 3 rings (SSSR count). The first-order chi connectivity index (χ1) is 10.6. The molecule has 0 radical (unpaired) electrons. The number of hydrogen-bond acceptors (Lipinski definition) is 6. The van der Waals surface area contributed by atoms with Gasteiger partial charge in [-0.3, -0.25) is 0 Å². The van der Waals surface area contributed by atoms with Crippen LogP contribution >= 0.6 is 0 Å². The number of nitrogens with zero attached hydrogens (tertiary/aromatic N) is 5. The Morgan fingerprint density at radius 2 is 1.86 bits per heavy atom. The van der Waals surface area contributed by atoms with E-state index in [-0.39, 0.29) is 0 Å². The number of rotatable bonds is 3. The minimum atomic E-state index is 0.698. The van der Waals surface area contributed by atoms with Gasteiger partial charge in [0.1, 0.15) is 0 Å². The number of likely N-dealkylation sites (N-methyl/N-ethyl adjacent to an activating group) is 1. The molecule has 0 unspecified atom stereocenters. The number of aromatic nitrogens is 3. The van der Waals surface area contributed by atoms with Crippen LogP contribution < -0.4 is 10.2 Å². The summed E-state index contributed by atoms with van der Waals surface area (Å²) in [6.07, 6.45) is 1.67. The second-order valence-electron chi connectivity index (χ2n) is 5.80. The molecular weight excluding hydrogens is 276 g/mol. The van der Waals surface area contributed by atoms with Gasteiger partial charge in [-0.25, -0.2) is 0 Å². The van der Waals surface area contributed by atoms with Crippen molar-refractivity contribution in [3.8, 4) is 0 Å². The summed E-state index contributed by atoms with van der Waals surface area (Å²) in [5, 5.41) is 11.6. The van der Waals surface area contributed by atoms with Crippen molar-refractivity contribution in [1.29, 1.82) is 0 Å². The summed E-state index contributed by atoms with van der Waals surface area (Å²) in [5.41, 5.74) is 3.54. The minimum absolute atomic E-state index is 0.698. The maximum absolute atomic E-state index is 4.61. The van der Waals surface area contributed by atoms with Crippen LogP contribution in [0, 0.1) is 13.8 Å². The van der Waals surface area contributed by atoms with Crippen LogP contribution in [0.25, 0.3) is 0 Å². The van der Waals surface area contributed by atoms with Crippen molar-refractivity contribution < 1.29 is 0 Å². The van der Waals surface area contributed by atoms with Gasteiger partial charge < -0.3 is 15.1 Å². The quantitative estimate of drug-likeness (QED) is 0.935. The monoisotopic (exact) mass is 298 g/mol. The summed E-state index contributed by atoms with van der Waals surface area (Å²) in [5.74, 6) is 1.43. The molecule has 22 heavy (non-hydrogen) atoms. The fraction of sp³-hybridized carbons (Fsp3) is 0.438. The Morgan fingerprint density at radius 1 is 1.09 bits per heavy atom. The average molecular weight is 298 g/mol. The molecule has 0 saturated carbocycles. The van der Waals surface area contributed by atoms with Crippen LogP contribution in [0.1, 0.15) is 11.1 Å². The molecule has 116 valence electrons. The van der Waals surface area contributed by atoms with Gasteiger partial charge in [-0.05, 0) is 38.1 Å². The highest BCUT2D eigenvalue weighted by atomic mass is 15.4. The minimum Gasteiger partial charge on any atom is -0.339 e. The van der Waals surface area contributed by atoms with Gasteiger partial charge in [0, 0.05) is 31.9 Å². The third-order valence-electron chi connectivity index (χ3n) is 4.20. The first-order valence-corrected chi connectivity index (χ1v) is 7.60. The van der Waals surface area contributed by atoms with E-state index in [1.807, 2.05) is 6.07 Å². The number of hydrogen-bond donors (Lipinski definition) is 1. The Bertz CT molecular complexity index is 649. The van der Waals surface area contributed by atoms with Gasteiger partial charge in [-0.2, -0.15) is 10.1 Å². The lowest BCUT2D eigenvalue weighted by Gasteiger charge is -2.32. The molecule has 1 aliphatic heterocycles. The Labute approximate surface area is 131 Å². The van der Waals surface area contributed by atoms with E-state index >= 15 is 0 Å². The van der Waals surface area contributed by atoms with Crippen molar-refractivity contribution in [3.05, 3.63) is 35.5 Å². The topological polar surface area (TPSA) is 57.2 Å². The third-order valence-corrected chi connectivity index (χ3v) is 4.20. The van der Waals surface area contributed by atoms with Crippen LogP contribution in [-0.2, 0) is 0 Å². The maximum Gasteiger partial charge on any atom is 0.247 e. The van der Waals surface area contributed by atoms with Crippen LogP contribution in [0.5, 0.6) is 0 Å². The van der Waals surface area contributed by atoms with E-state index in [0.717, 1.165) is 37.7 Å². The smallest absolute Gasteiger partial charge is 0.247 e. The highest BCUT2D eigenvalue weighted by Gasteiger charge is 2.17. The molecular formula is C16H22N6. The van der Waals surface area contributed by atoms with Crippen molar-refractivity contribution in [2.75, 3.05) is 43.4 Å². The van der Waals surface area contributed by atoms with E-state index in [1.54, 1.807) is 6.20 Å². The van der Waals surface area contributed by atoms with E-state index in [9.17, 15) is 0 Å². The molecule has 0 atom stereocenters. The van der Waals surface area contributed by atoms with Gasteiger partial charge >= 0.3 is 0 Å². The fourth-order valence-electron chi connectivity index (χ4n) is 2.52. The van der Waals surface area contributed by atoms with E-state index < -0.39 is 0 Å². The molecule has 0 bridgehead atoms. The molecule has 1 N–H and O–H groups in total. The first-order valence-electron chi connectivity index (χ1n) is 7.60.